The highest BCUT2D eigenvalue weighted by Gasteiger charge is 2.38. The van der Waals surface area contributed by atoms with Crippen LogP contribution in [0, 0.1) is 0 Å². The highest BCUT2D eigenvalue weighted by molar-refractivity contribution is 5.83. The first-order valence-electron chi connectivity index (χ1n) is 6.52. The minimum atomic E-state index is -0.117. The Morgan fingerprint density at radius 1 is 1.41 bits per heavy atom. The zero-order valence-electron chi connectivity index (χ0n) is 11.9. The molecule has 2 unspecified atom stereocenters. The number of nitrogens with zero attached hydrogens (tertiary/aromatic N) is 2. The second-order valence-electron chi connectivity index (χ2n) is 6.09. The molecule has 0 aliphatic carbocycles. The SMILES string of the molecule is CC1CCN(C)C(CCN)C(=O)N1C(C)(C)C. The molecule has 4 nitrogen and oxygen atoms in total. The van der Waals surface area contributed by atoms with Crippen molar-refractivity contribution < 1.29 is 4.79 Å². The molecule has 1 fully saturated rings. The molecule has 1 saturated heterocycles. The molecule has 0 aromatic heterocycles. The molecular weight excluding hydrogens is 214 g/mol. The summed E-state index contributed by atoms with van der Waals surface area (Å²) in [5, 5.41) is 0. The summed E-state index contributed by atoms with van der Waals surface area (Å²) < 4.78 is 0. The van der Waals surface area contributed by atoms with Crippen LogP contribution in [0.1, 0.15) is 40.5 Å². The number of hydrogen-bond donors (Lipinski definition) is 1. The highest BCUT2D eigenvalue weighted by atomic mass is 16.2. The van der Waals surface area contributed by atoms with Crippen molar-refractivity contribution in [2.24, 2.45) is 5.73 Å². The molecule has 0 saturated carbocycles. The molecule has 1 aliphatic rings. The predicted octanol–water partition coefficient (Wildman–Crippen LogP) is 1.05. The molecule has 2 atom stereocenters. The minimum absolute atomic E-state index is 0.0517. The Morgan fingerprint density at radius 3 is 2.47 bits per heavy atom. The lowest BCUT2D eigenvalue weighted by atomic mass is 10.0. The number of rotatable bonds is 2. The summed E-state index contributed by atoms with van der Waals surface area (Å²) in [7, 11) is 2.02. The highest BCUT2D eigenvalue weighted by Crippen LogP contribution is 2.25. The normalized spacial score (nSPS) is 28.4. The van der Waals surface area contributed by atoms with Crippen molar-refractivity contribution in [3.05, 3.63) is 0 Å². The van der Waals surface area contributed by atoms with Crippen LogP contribution >= 0.6 is 0 Å². The molecule has 4 heteroatoms. The molecule has 1 rings (SSSR count). The molecule has 0 aromatic rings. The van der Waals surface area contributed by atoms with E-state index in [4.69, 9.17) is 5.73 Å². The maximum atomic E-state index is 12.6. The van der Waals surface area contributed by atoms with Crippen LogP contribution in [0.15, 0.2) is 0 Å². The number of nitrogens with two attached hydrogens (primary N) is 1. The average Bonchev–Trinajstić information content (AvgIpc) is 2.29. The Bertz CT molecular complexity index is 272. The van der Waals surface area contributed by atoms with Crippen molar-refractivity contribution in [2.45, 2.75) is 58.2 Å². The molecule has 1 amide bonds. The van der Waals surface area contributed by atoms with Gasteiger partial charge in [-0.3, -0.25) is 9.69 Å². The summed E-state index contributed by atoms with van der Waals surface area (Å²) in [4.78, 5) is 16.8. The van der Waals surface area contributed by atoms with E-state index in [1.807, 2.05) is 11.9 Å². The monoisotopic (exact) mass is 241 g/mol. The van der Waals surface area contributed by atoms with E-state index in [0.29, 0.717) is 12.6 Å². The zero-order valence-corrected chi connectivity index (χ0v) is 11.9. The maximum absolute atomic E-state index is 12.6. The van der Waals surface area contributed by atoms with Crippen molar-refractivity contribution in [3.63, 3.8) is 0 Å². The summed E-state index contributed by atoms with van der Waals surface area (Å²) in [6.45, 7) is 9.98. The van der Waals surface area contributed by atoms with Gasteiger partial charge in [0.2, 0.25) is 5.91 Å². The molecule has 0 aromatic carbocycles. The lowest BCUT2D eigenvalue weighted by Crippen LogP contribution is -2.54. The van der Waals surface area contributed by atoms with E-state index in [9.17, 15) is 4.79 Å². The van der Waals surface area contributed by atoms with Crippen LogP contribution in [0.25, 0.3) is 0 Å². The van der Waals surface area contributed by atoms with E-state index in [2.05, 4.69) is 32.6 Å². The summed E-state index contributed by atoms with van der Waals surface area (Å²) in [5.74, 6) is 0.232. The Kier molecular flexibility index (Phi) is 4.55. The van der Waals surface area contributed by atoms with Crippen molar-refractivity contribution in [2.75, 3.05) is 20.1 Å². The van der Waals surface area contributed by atoms with Gasteiger partial charge in [-0.15, -0.1) is 0 Å². The number of carbonyl (C=O) groups is 1. The number of hydrogen-bond acceptors (Lipinski definition) is 3. The number of carbonyl (C=O) groups excluding carboxylic acids is 1. The Labute approximate surface area is 105 Å². The third-order valence-electron chi connectivity index (χ3n) is 3.56. The summed E-state index contributed by atoms with van der Waals surface area (Å²) >= 11 is 0. The van der Waals surface area contributed by atoms with Gasteiger partial charge in [-0.2, -0.15) is 0 Å². The van der Waals surface area contributed by atoms with Crippen LogP contribution in [0.2, 0.25) is 0 Å². The molecule has 1 heterocycles. The van der Waals surface area contributed by atoms with E-state index in [0.717, 1.165) is 19.4 Å². The van der Waals surface area contributed by atoms with Crippen LogP contribution < -0.4 is 5.73 Å². The van der Waals surface area contributed by atoms with E-state index < -0.39 is 0 Å². The standard InChI is InChI=1S/C13H27N3O/c1-10-7-9-15(5)11(6-8-14)12(17)16(10)13(2,3)4/h10-11H,6-9,14H2,1-5H3. The van der Waals surface area contributed by atoms with E-state index >= 15 is 0 Å². The molecule has 1 aliphatic heterocycles. The first-order chi connectivity index (χ1) is 7.79. The van der Waals surface area contributed by atoms with Crippen LogP contribution in [-0.4, -0.2) is 53.5 Å². The lowest BCUT2D eigenvalue weighted by Gasteiger charge is -2.41. The molecule has 0 spiro atoms. The van der Waals surface area contributed by atoms with Gasteiger partial charge in [-0.05, 0) is 54.1 Å². The third-order valence-corrected chi connectivity index (χ3v) is 3.56. The Balaban J connectivity index is 2.99. The first kappa shape index (κ1) is 14.5. The van der Waals surface area contributed by atoms with E-state index in [1.54, 1.807) is 0 Å². The topological polar surface area (TPSA) is 49.6 Å². The van der Waals surface area contributed by atoms with Crippen LogP contribution in [0.5, 0.6) is 0 Å². The van der Waals surface area contributed by atoms with Crippen molar-refractivity contribution in [3.8, 4) is 0 Å². The van der Waals surface area contributed by atoms with Gasteiger partial charge in [-0.1, -0.05) is 0 Å². The van der Waals surface area contributed by atoms with E-state index in [-0.39, 0.29) is 17.5 Å². The molecule has 17 heavy (non-hydrogen) atoms. The second kappa shape index (κ2) is 5.36. The fourth-order valence-electron chi connectivity index (χ4n) is 2.74. The van der Waals surface area contributed by atoms with Gasteiger partial charge in [0.05, 0.1) is 6.04 Å². The summed E-state index contributed by atoms with van der Waals surface area (Å²) in [5.41, 5.74) is 5.51. The fraction of sp³-hybridized carbons (Fsp3) is 0.923. The van der Waals surface area contributed by atoms with Crippen LogP contribution in [-0.2, 0) is 4.79 Å². The molecule has 2 N–H and O–H groups in total. The van der Waals surface area contributed by atoms with Gasteiger partial charge in [0, 0.05) is 18.1 Å². The van der Waals surface area contributed by atoms with Gasteiger partial charge < -0.3 is 10.6 Å². The first-order valence-corrected chi connectivity index (χ1v) is 6.52. The van der Waals surface area contributed by atoms with Gasteiger partial charge in [0.15, 0.2) is 0 Å². The summed E-state index contributed by atoms with van der Waals surface area (Å²) in [6.07, 6.45) is 1.77. The largest absolute Gasteiger partial charge is 0.334 e. The van der Waals surface area contributed by atoms with Crippen LogP contribution in [0.4, 0.5) is 0 Å². The maximum Gasteiger partial charge on any atom is 0.240 e. The smallest absolute Gasteiger partial charge is 0.240 e. The number of amides is 1. The van der Waals surface area contributed by atoms with Gasteiger partial charge in [-0.25, -0.2) is 0 Å². The van der Waals surface area contributed by atoms with Gasteiger partial charge in [0.25, 0.3) is 0 Å². The minimum Gasteiger partial charge on any atom is -0.334 e. The lowest BCUT2D eigenvalue weighted by molar-refractivity contribution is -0.142. The van der Waals surface area contributed by atoms with Crippen molar-refractivity contribution in [1.29, 1.82) is 0 Å². The average molecular weight is 241 g/mol. The second-order valence-corrected chi connectivity index (χ2v) is 6.09. The third kappa shape index (κ3) is 3.19. The quantitative estimate of drug-likeness (QED) is 0.786. The fourth-order valence-corrected chi connectivity index (χ4v) is 2.74. The van der Waals surface area contributed by atoms with Gasteiger partial charge in [0.1, 0.15) is 0 Å². The van der Waals surface area contributed by atoms with E-state index in [1.165, 1.54) is 0 Å². The van der Waals surface area contributed by atoms with Crippen LogP contribution in [0.3, 0.4) is 0 Å². The predicted molar refractivity (Wildman–Crippen MR) is 70.8 cm³/mol. The molecule has 0 radical (unpaired) electrons. The molecule has 0 bridgehead atoms. The van der Waals surface area contributed by atoms with Crippen molar-refractivity contribution in [1.82, 2.24) is 9.80 Å². The number of likely N-dealkylation sites (N-methyl/N-ethyl adjacent to an activating group) is 1. The Hall–Kier alpha value is -0.610. The molecular formula is C13H27N3O. The van der Waals surface area contributed by atoms with Gasteiger partial charge >= 0.3 is 0 Å². The molecule has 100 valence electrons. The summed E-state index contributed by atoms with van der Waals surface area (Å²) in [6, 6.07) is 0.247. The Morgan fingerprint density at radius 2 is 2.00 bits per heavy atom. The van der Waals surface area contributed by atoms with Crippen molar-refractivity contribution >= 4 is 5.91 Å². The zero-order chi connectivity index (χ0) is 13.2.